The molecule has 0 radical (unpaired) electrons. The van der Waals surface area contributed by atoms with Crippen LogP contribution in [0.2, 0.25) is 0 Å². The molecular weight excluding hydrogens is 226 g/mol. The van der Waals surface area contributed by atoms with E-state index in [-0.39, 0.29) is 17.7 Å². The number of carbonyl (C=O) groups is 1. The Bertz CT molecular complexity index is 489. The zero-order valence-corrected chi connectivity index (χ0v) is 10.9. The fraction of sp³-hybridized carbons (Fsp3) is 0.533. The number of nitrogens with zero attached hydrogens (tertiary/aromatic N) is 1. The van der Waals surface area contributed by atoms with Crippen molar-refractivity contribution >= 4 is 5.91 Å². The van der Waals surface area contributed by atoms with E-state index in [9.17, 15) is 9.90 Å². The van der Waals surface area contributed by atoms with Gasteiger partial charge in [-0.2, -0.15) is 0 Å². The van der Waals surface area contributed by atoms with Crippen molar-refractivity contribution in [3.8, 4) is 0 Å². The highest BCUT2D eigenvalue weighted by Crippen LogP contribution is 2.39. The third-order valence-electron chi connectivity index (χ3n) is 4.47. The molecule has 1 N–H and O–H groups in total. The standard InChI is InChI=1S/C15H19NO2/c1-10(2)15(18)8-16(9-15)14(17)13-7-11-5-3-4-6-12(11)13/h3-6,10,13,18H,7-9H2,1-2H3. The smallest absolute Gasteiger partial charge is 0.230 e. The summed E-state index contributed by atoms with van der Waals surface area (Å²) in [5.74, 6) is 0.409. The quantitative estimate of drug-likeness (QED) is 0.859. The van der Waals surface area contributed by atoms with Crippen LogP contribution >= 0.6 is 0 Å². The number of likely N-dealkylation sites (tertiary alicyclic amines) is 1. The summed E-state index contributed by atoms with van der Waals surface area (Å²) in [5.41, 5.74) is 1.79. The first-order valence-corrected chi connectivity index (χ1v) is 6.60. The summed E-state index contributed by atoms with van der Waals surface area (Å²) in [4.78, 5) is 14.1. The Balaban J connectivity index is 1.66. The van der Waals surface area contributed by atoms with Gasteiger partial charge < -0.3 is 10.0 Å². The fourth-order valence-corrected chi connectivity index (χ4v) is 2.84. The molecule has 1 aliphatic heterocycles. The lowest BCUT2D eigenvalue weighted by Crippen LogP contribution is -2.67. The Morgan fingerprint density at radius 1 is 1.39 bits per heavy atom. The SMILES string of the molecule is CC(C)C1(O)CN(C(=O)C2Cc3ccccc32)C1. The van der Waals surface area contributed by atoms with Crippen LogP contribution in [0.25, 0.3) is 0 Å². The number of fused-ring (bicyclic) bond motifs is 1. The van der Waals surface area contributed by atoms with Gasteiger partial charge in [0, 0.05) is 0 Å². The minimum Gasteiger partial charge on any atom is -0.386 e. The van der Waals surface area contributed by atoms with E-state index < -0.39 is 5.60 Å². The molecule has 1 aromatic carbocycles. The molecule has 1 aliphatic carbocycles. The van der Waals surface area contributed by atoms with Gasteiger partial charge in [0.25, 0.3) is 0 Å². The molecule has 1 fully saturated rings. The molecule has 1 atom stereocenters. The number of carbonyl (C=O) groups excluding carboxylic acids is 1. The van der Waals surface area contributed by atoms with Gasteiger partial charge in [0.15, 0.2) is 0 Å². The van der Waals surface area contributed by atoms with Crippen molar-refractivity contribution in [2.24, 2.45) is 5.92 Å². The van der Waals surface area contributed by atoms with Crippen molar-refractivity contribution in [2.75, 3.05) is 13.1 Å². The van der Waals surface area contributed by atoms with Gasteiger partial charge >= 0.3 is 0 Å². The van der Waals surface area contributed by atoms with Crippen molar-refractivity contribution in [1.82, 2.24) is 4.90 Å². The molecule has 1 amide bonds. The average molecular weight is 245 g/mol. The summed E-state index contributed by atoms with van der Waals surface area (Å²) < 4.78 is 0. The molecular formula is C15H19NO2. The van der Waals surface area contributed by atoms with Crippen LogP contribution in [0.15, 0.2) is 24.3 Å². The normalized spacial score (nSPS) is 24.2. The molecule has 18 heavy (non-hydrogen) atoms. The van der Waals surface area contributed by atoms with Crippen LogP contribution in [-0.4, -0.2) is 34.6 Å². The molecule has 1 unspecified atom stereocenters. The van der Waals surface area contributed by atoms with Crippen LogP contribution < -0.4 is 0 Å². The first kappa shape index (κ1) is 11.7. The summed E-state index contributed by atoms with van der Waals surface area (Å²) >= 11 is 0. The van der Waals surface area contributed by atoms with Gasteiger partial charge in [-0.15, -0.1) is 0 Å². The Morgan fingerprint density at radius 3 is 2.67 bits per heavy atom. The highest BCUT2D eigenvalue weighted by Gasteiger charge is 2.48. The minimum absolute atomic E-state index is 0.0258. The fourth-order valence-electron chi connectivity index (χ4n) is 2.84. The lowest BCUT2D eigenvalue weighted by Gasteiger charge is -2.50. The van der Waals surface area contributed by atoms with E-state index in [0.717, 1.165) is 6.42 Å². The van der Waals surface area contributed by atoms with Crippen LogP contribution in [0.4, 0.5) is 0 Å². The highest BCUT2D eigenvalue weighted by molar-refractivity contribution is 5.87. The average Bonchev–Trinajstić information content (AvgIpc) is 2.26. The van der Waals surface area contributed by atoms with E-state index in [2.05, 4.69) is 6.07 Å². The largest absolute Gasteiger partial charge is 0.386 e. The second kappa shape index (κ2) is 3.82. The number of aliphatic hydroxyl groups is 1. The highest BCUT2D eigenvalue weighted by atomic mass is 16.3. The molecule has 3 rings (SSSR count). The Hall–Kier alpha value is -1.35. The summed E-state index contributed by atoms with van der Waals surface area (Å²) in [6, 6.07) is 8.12. The molecule has 1 saturated heterocycles. The summed E-state index contributed by atoms with van der Waals surface area (Å²) in [6.45, 7) is 4.98. The first-order valence-electron chi connectivity index (χ1n) is 6.60. The van der Waals surface area contributed by atoms with Crippen LogP contribution in [0.3, 0.4) is 0 Å². The summed E-state index contributed by atoms with van der Waals surface area (Å²) in [7, 11) is 0. The minimum atomic E-state index is -0.668. The van der Waals surface area contributed by atoms with E-state index in [4.69, 9.17) is 0 Å². The van der Waals surface area contributed by atoms with E-state index in [1.54, 1.807) is 4.90 Å². The van der Waals surface area contributed by atoms with Gasteiger partial charge in [-0.05, 0) is 23.5 Å². The third-order valence-corrected chi connectivity index (χ3v) is 4.47. The number of benzene rings is 1. The number of amides is 1. The van der Waals surface area contributed by atoms with E-state index in [1.807, 2.05) is 32.0 Å². The topological polar surface area (TPSA) is 40.5 Å². The summed E-state index contributed by atoms with van der Waals surface area (Å²) in [6.07, 6.45) is 0.853. The first-order chi connectivity index (χ1) is 8.51. The van der Waals surface area contributed by atoms with Crippen molar-refractivity contribution in [2.45, 2.75) is 31.8 Å². The van der Waals surface area contributed by atoms with Crippen molar-refractivity contribution in [3.63, 3.8) is 0 Å². The number of hydrogen-bond donors (Lipinski definition) is 1. The van der Waals surface area contributed by atoms with Gasteiger partial charge in [0.1, 0.15) is 5.60 Å². The van der Waals surface area contributed by atoms with E-state index in [0.29, 0.717) is 13.1 Å². The second-order valence-corrected chi connectivity index (χ2v) is 5.91. The molecule has 0 aromatic heterocycles. The maximum atomic E-state index is 12.3. The van der Waals surface area contributed by atoms with Crippen molar-refractivity contribution in [3.05, 3.63) is 35.4 Å². The zero-order valence-electron chi connectivity index (χ0n) is 10.9. The zero-order chi connectivity index (χ0) is 12.9. The molecule has 0 saturated carbocycles. The van der Waals surface area contributed by atoms with Gasteiger partial charge in [0.2, 0.25) is 5.91 Å². The molecule has 96 valence electrons. The van der Waals surface area contributed by atoms with Crippen LogP contribution in [-0.2, 0) is 11.2 Å². The van der Waals surface area contributed by atoms with E-state index in [1.165, 1.54) is 11.1 Å². The Kier molecular flexibility index (Phi) is 2.49. The van der Waals surface area contributed by atoms with Crippen molar-refractivity contribution in [1.29, 1.82) is 0 Å². The lowest BCUT2D eigenvalue weighted by atomic mass is 9.75. The van der Waals surface area contributed by atoms with Gasteiger partial charge in [-0.3, -0.25) is 4.79 Å². The predicted octanol–water partition coefficient (Wildman–Crippen LogP) is 1.56. The molecule has 0 spiro atoms. The molecule has 1 aromatic rings. The van der Waals surface area contributed by atoms with Crippen LogP contribution in [0.5, 0.6) is 0 Å². The Morgan fingerprint density at radius 2 is 2.06 bits per heavy atom. The molecule has 2 aliphatic rings. The number of rotatable bonds is 2. The third kappa shape index (κ3) is 1.57. The monoisotopic (exact) mass is 245 g/mol. The molecule has 0 bridgehead atoms. The number of β-amino-alcohol motifs (C(OH)–C–C–N with tert-alkyl or cyclic N) is 1. The van der Waals surface area contributed by atoms with Gasteiger partial charge in [-0.25, -0.2) is 0 Å². The van der Waals surface area contributed by atoms with Crippen molar-refractivity contribution < 1.29 is 9.90 Å². The number of hydrogen-bond acceptors (Lipinski definition) is 2. The van der Waals surface area contributed by atoms with Gasteiger partial charge in [-0.1, -0.05) is 38.1 Å². The molecule has 3 heteroatoms. The van der Waals surface area contributed by atoms with Crippen LogP contribution in [0.1, 0.15) is 30.9 Å². The maximum Gasteiger partial charge on any atom is 0.230 e. The Labute approximate surface area is 107 Å². The molecule has 3 nitrogen and oxygen atoms in total. The lowest BCUT2D eigenvalue weighted by molar-refractivity contribution is -0.165. The second-order valence-electron chi connectivity index (χ2n) is 5.91. The summed E-state index contributed by atoms with van der Waals surface area (Å²) in [5, 5.41) is 10.2. The van der Waals surface area contributed by atoms with Gasteiger partial charge in [0.05, 0.1) is 19.0 Å². The predicted molar refractivity (Wildman–Crippen MR) is 69.3 cm³/mol. The molecule has 1 heterocycles. The maximum absolute atomic E-state index is 12.3. The van der Waals surface area contributed by atoms with E-state index >= 15 is 0 Å². The van der Waals surface area contributed by atoms with Crippen LogP contribution in [0, 0.1) is 5.92 Å².